The maximum atomic E-state index is 6.09. The molecule has 2 N–H and O–H groups in total. The predicted molar refractivity (Wildman–Crippen MR) is 65.4 cm³/mol. The molecule has 0 saturated heterocycles. The summed E-state index contributed by atoms with van der Waals surface area (Å²) in [4.78, 5) is 0. The molecule has 1 heteroatoms. The first-order valence-corrected chi connectivity index (χ1v) is 6.09. The molecule has 0 aromatic carbocycles. The first kappa shape index (κ1) is 14.0. The lowest BCUT2D eigenvalue weighted by Gasteiger charge is -2.26. The summed E-state index contributed by atoms with van der Waals surface area (Å²) in [6.45, 7) is 11.3. The van der Waals surface area contributed by atoms with Crippen molar-refractivity contribution in [2.24, 2.45) is 17.1 Å². The Hall–Kier alpha value is -0.0400. The molecule has 0 aliphatic heterocycles. The van der Waals surface area contributed by atoms with E-state index in [1.165, 1.54) is 32.1 Å². The van der Waals surface area contributed by atoms with Gasteiger partial charge in [0.15, 0.2) is 0 Å². The smallest absolute Gasteiger partial charge is 0.00876 e. The molecule has 0 fully saturated rings. The van der Waals surface area contributed by atoms with Crippen LogP contribution in [0.15, 0.2) is 0 Å². The highest BCUT2D eigenvalue weighted by Crippen LogP contribution is 2.22. The van der Waals surface area contributed by atoms with Crippen molar-refractivity contribution in [3.8, 4) is 0 Å². The lowest BCUT2D eigenvalue weighted by atomic mass is 9.84. The molecule has 0 amide bonds. The van der Waals surface area contributed by atoms with Crippen molar-refractivity contribution in [2.75, 3.05) is 0 Å². The van der Waals surface area contributed by atoms with E-state index in [1.54, 1.807) is 0 Å². The number of unbranched alkanes of at least 4 members (excludes halogenated alkanes) is 2. The van der Waals surface area contributed by atoms with Gasteiger partial charge in [-0.1, -0.05) is 60.3 Å². The second-order valence-corrected chi connectivity index (χ2v) is 6.00. The van der Waals surface area contributed by atoms with Gasteiger partial charge >= 0.3 is 0 Å². The van der Waals surface area contributed by atoms with Gasteiger partial charge in [0.25, 0.3) is 0 Å². The molecule has 0 saturated carbocycles. The van der Waals surface area contributed by atoms with E-state index in [1.807, 2.05) is 0 Å². The molecule has 0 aliphatic rings. The van der Waals surface area contributed by atoms with Gasteiger partial charge in [-0.05, 0) is 17.8 Å². The molecule has 0 aromatic heterocycles. The maximum absolute atomic E-state index is 6.09. The normalized spacial score (nSPS) is 14.8. The highest BCUT2D eigenvalue weighted by molar-refractivity contribution is 4.76. The Morgan fingerprint density at radius 1 is 0.929 bits per heavy atom. The Morgan fingerprint density at radius 3 is 1.86 bits per heavy atom. The van der Waals surface area contributed by atoms with Crippen LogP contribution in [0.25, 0.3) is 0 Å². The van der Waals surface area contributed by atoms with E-state index < -0.39 is 0 Å². The number of nitrogens with two attached hydrogens (primary N) is 1. The summed E-state index contributed by atoms with van der Waals surface area (Å²) in [5.74, 6) is 0.853. The molecule has 86 valence electrons. The van der Waals surface area contributed by atoms with Gasteiger partial charge in [-0.3, -0.25) is 0 Å². The highest BCUT2D eigenvalue weighted by atomic mass is 14.7. The van der Waals surface area contributed by atoms with Gasteiger partial charge in [0.2, 0.25) is 0 Å². The minimum atomic E-state index is 0.276. The summed E-state index contributed by atoms with van der Waals surface area (Å²) in [6, 6.07) is 0.363. The molecular formula is C13H29N. The van der Waals surface area contributed by atoms with Gasteiger partial charge in [-0.25, -0.2) is 0 Å². The second kappa shape index (κ2) is 6.44. The third-order valence-corrected chi connectivity index (χ3v) is 2.91. The van der Waals surface area contributed by atoms with Gasteiger partial charge in [0, 0.05) is 6.04 Å². The summed E-state index contributed by atoms with van der Waals surface area (Å²) in [6.07, 6.45) is 6.56. The number of rotatable bonds is 6. The van der Waals surface area contributed by atoms with Gasteiger partial charge in [0.1, 0.15) is 0 Å². The highest BCUT2D eigenvalue weighted by Gasteiger charge is 2.19. The van der Waals surface area contributed by atoms with Gasteiger partial charge < -0.3 is 5.73 Å². The van der Waals surface area contributed by atoms with Gasteiger partial charge in [0.05, 0.1) is 0 Å². The minimum absolute atomic E-state index is 0.276. The van der Waals surface area contributed by atoms with Crippen LogP contribution < -0.4 is 5.73 Å². The van der Waals surface area contributed by atoms with Crippen molar-refractivity contribution >= 4 is 0 Å². The van der Waals surface area contributed by atoms with Crippen molar-refractivity contribution in [1.29, 1.82) is 0 Å². The molecule has 0 bridgehead atoms. The summed E-state index contributed by atoms with van der Waals surface area (Å²) in [5.41, 5.74) is 6.37. The van der Waals surface area contributed by atoms with Crippen LogP contribution in [0.5, 0.6) is 0 Å². The van der Waals surface area contributed by atoms with Crippen LogP contribution in [0, 0.1) is 11.3 Å². The Morgan fingerprint density at radius 2 is 1.43 bits per heavy atom. The summed E-state index contributed by atoms with van der Waals surface area (Å²) in [7, 11) is 0. The zero-order valence-corrected chi connectivity index (χ0v) is 10.8. The van der Waals surface area contributed by atoms with Crippen LogP contribution in [-0.2, 0) is 0 Å². The Bertz CT molecular complexity index is 133. The van der Waals surface area contributed by atoms with Crippen molar-refractivity contribution in [1.82, 2.24) is 0 Å². The van der Waals surface area contributed by atoms with Gasteiger partial charge in [-0.15, -0.1) is 0 Å². The average Bonchev–Trinajstić information content (AvgIpc) is 2.01. The molecule has 14 heavy (non-hydrogen) atoms. The molecule has 0 radical (unpaired) electrons. The van der Waals surface area contributed by atoms with Crippen LogP contribution in [0.2, 0.25) is 0 Å². The maximum Gasteiger partial charge on any atom is 0.00876 e. The first-order chi connectivity index (χ1) is 6.34. The van der Waals surface area contributed by atoms with Crippen molar-refractivity contribution in [3.05, 3.63) is 0 Å². The average molecular weight is 199 g/mol. The second-order valence-electron chi connectivity index (χ2n) is 6.00. The van der Waals surface area contributed by atoms with E-state index in [9.17, 15) is 0 Å². The Kier molecular flexibility index (Phi) is 6.43. The fourth-order valence-electron chi connectivity index (χ4n) is 1.53. The third kappa shape index (κ3) is 7.37. The summed E-state index contributed by atoms with van der Waals surface area (Å²) in [5, 5.41) is 0. The molecule has 1 unspecified atom stereocenters. The number of hydrogen-bond acceptors (Lipinski definition) is 1. The fraction of sp³-hybridized carbons (Fsp3) is 1.00. The molecule has 0 heterocycles. The molecular weight excluding hydrogens is 170 g/mol. The quantitative estimate of drug-likeness (QED) is 0.644. The van der Waals surface area contributed by atoms with Crippen LogP contribution in [0.4, 0.5) is 0 Å². The standard InChI is InChI=1S/C13H29N/c1-11(2)9-7-6-8-10-12(14)13(3,4)5/h11-12H,6-10,14H2,1-5H3. The predicted octanol–water partition coefficient (Wildman–Crippen LogP) is 3.97. The van der Waals surface area contributed by atoms with E-state index >= 15 is 0 Å². The van der Waals surface area contributed by atoms with Crippen molar-refractivity contribution in [3.63, 3.8) is 0 Å². The van der Waals surface area contributed by atoms with E-state index in [2.05, 4.69) is 34.6 Å². The van der Waals surface area contributed by atoms with Crippen molar-refractivity contribution < 1.29 is 0 Å². The Balaban J connectivity index is 3.37. The summed E-state index contributed by atoms with van der Waals surface area (Å²) >= 11 is 0. The van der Waals surface area contributed by atoms with Gasteiger partial charge in [-0.2, -0.15) is 0 Å². The number of hydrogen-bond donors (Lipinski definition) is 1. The first-order valence-electron chi connectivity index (χ1n) is 6.09. The van der Waals surface area contributed by atoms with Crippen LogP contribution in [0.1, 0.15) is 66.7 Å². The van der Waals surface area contributed by atoms with Crippen LogP contribution in [-0.4, -0.2) is 6.04 Å². The summed E-state index contributed by atoms with van der Waals surface area (Å²) < 4.78 is 0. The van der Waals surface area contributed by atoms with E-state index in [4.69, 9.17) is 5.73 Å². The van der Waals surface area contributed by atoms with E-state index in [0.717, 1.165) is 5.92 Å². The van der Waals surface area contributed by atoms with E-state index in [0.29, 0.717) is 6.04 Å². The van der Waals surface area contributed by atoms with Crippen molar-refractivity contribution in [2.45, 2.75) is 72.8 Å². The lowest BCUT2D eigenvalue weighted by Crippen LogP contribution is -2.34. The largest absolute Gasteiger partial charge is 0.327 e. The third-order valence-electron chi connectivity index (χ3n) is 2.91. The molecule has 0 spiro atoms. The Labute approximate surface area is 90.5 Å². The topological polar surface area (TPSA) is 26.0 Å². The molecule has 1 nitrogen and oxygen atoms in total. The molecule has 0 rings (SSSR count). The SMILES string of the molecule is CC(C)CCCCCC(N)C(C)(C)C. The monoisotopic (exact) mass is 199 g/mol. The van der Waals surface area contributed by atoms with E-state index in [-0.39, 0.29) is 5.41 Å². The fourth-order valence-corrected chi connectivity index (χ4v) is 1.53. The van der Waals surface area contributed by atoms with Crippen LogP contribution in [0.3, 0.4) is 0 Å². The lowest BCUT2D eigenvalue weighted by molar-refractivity contribution is 0.298. The molecule has 0 aliphatic carbocycles. The zero-order chi connectivity index (χ0) is 11.2. The molecule has 0 aromatic rings. The molecule has 1 atom stereocenters. The minimum Gasteiger partial charge on any atom is -0.327 e. The van der Waals surface area contributed by atoms with Crippen LogP contribution >= 0.6 is 0 Å². The zero-order valence-electron chi connectivity index (χ0n) is 10.8.